The van der Waals surface area contributed by atoms with Gasteiger partial charge in [0.1, 0.15) is 18.1 Å². The van der Waals surface area contributed by atoms with Gasteiger partial charge in [0.15, 0.2) is 0 Å². The predicted molar refractivity (Wildman–Crippen MR) is 74.4 cm³/mol. The number of phenolic OH excluding ortho intramolecular Hbond substituents is 1. The number of aromatic hydroxyl groups is 1. The lowest BCUT2D eigenvalue weighted by Gasteiger charge is -2.22. The minimum absolute atomic E-state index is 0.179. The number of aliphatic hydroxyl groups excluding tert-OH is 1. The zero-order chi connectivity index (χ0) is 13.8. The molecule has 2 unspecified atom stereocenters. The third-order valence-corrected chi connectivity index (χ3v) is 3.77. The summed E-state index contributed by atoms with van der Waals surface area (Å²) in [6.07, 6.45) is 0.564. The van der Waals surface area contributed by atoms with Gasteiger partial charge in [-0.15, -0.1) is 0 Å². The predicted octanol–water partition coefficient (Wildman–Crippen LogP) is 1.86. The van der Waals surface area contributed by atoms with Crippen LogP contribution in [-0.2, 0) is 0 Å². The molecule has 1 aromatic rings. The van der Waals surface area contributed by atoms with Crippen LogP contribution in [0, 0.1) is 5.92 Å². The van der Waals surface area contributed by atoms with Gasteiger partial charge in [0.25, 0.3) is 0 Å². The van der Waals surface area contributed by atoms with Gasteiger partial charge in [-0.3, -0.25) is 0 Å². The van der Waals surface area contributed by atoms with Crippen molar-refractivity contribution in [2.24, 2.45) is 5.92 Å². The van der Waals surface area contributed by atoms with Crippen LogP contribution >= 0.6 is 0 Å². The molecule has 4 nitrogen and oxygen atoms in total. The summed E-state index contributed by atoms with van der Waals surface area (Å²) in [4.78, 5) is 2.38. The summed E-state index contributed by atoms with van der Waals surface area (Å²) in [5.74, 6) is 1.05. The second kappa shape index (κ2) is 6.26. The van der Waals surface area contributed by atoms with Crippen molar-refractivity contribution in [2.75, 3.05) is 19.7 Å². The number of likely N-dealkylation sites (tertiary alicyclic amines) is 1. The third-order valence-electron chi connectivity index (χ3n) is 3.77. The summed E-state index contributed by atoms with van der Waals surface area (Å²) >= 11 is 0. The standard InChI is InChI=1S/C15H23NO3/c1-11(2)16-7-6-12(9-16)15(18)10-19-14-5-3-4-13(17)8-14/h3-5,8,11-12,15,17-18H,6-7,9-10H2,1-2H3. The smallest absolute Gasteiger partial charge is 0.123 e. The van der Waals surface area contributed by atoms with Crippen molar-refractivity contribution >= 4 is 0 Å². The van der Waals surface area contributed by atoms with Crippen LogP contribution in [0.5, 0.6) is 11.5 Å². The highest BCUT2D eigenvalue weighted by Crippen LogP contribution is 2.23. The minimum atomic E-state index is -0.453. The molecule has 2 atom stereocenters. The number of benzene rings is 1. The topological polar surface area (TPSA) is 52.9 Å². The fourth-order valence-electron chi connectivity index (χ4n) is 2.49. The molecule has 0 amide bonds. The minimum Gasteiger partial charge on any atom is -0.508 e. The summed E-state index contributed by atoms with van der Waals surface area (Å²) in [5.41, 5.74) is 0. The van der Waals surface area contributed by atoms with Crippen LogP contribution in [0.3, 0.4) is 0 Å². The molecule has 1 fully saturated rings. The van der Waals surface area contributed by atoms with E-state index in [0.29, 0.717) is 11.8 Å². The highest BCUT2D eigenvalue weighted by molar-refractivity contribution is 5.31. The second-order valence-corrected chi connectivity index (χ2v) is 5.51. The zero-order valence-electron chi connectivity index (χ0n) is 11.6. The van der Waals surface area contributed by atoms with Crippen LogP contribution in [0.25, 0.3) is 0 Å². The number of hydrogen-bond acceptors (Lipinski definition) is 4. The van der Waals surface area contributed by atoms with Crippen LogP contribution in [-0.4, -0.2) is 47.0 Å². The summed E-state index contributed by atoms with van der Waals surface area (Å²) in [6, 6.07) is 7.20. The SMILES string of the molecule is CC(C)N1CCC(C(O)COc2cccc(O)c2)C1. The second-order valence-electron chi connectivity index (χ2n) is 5.51. The van der Waals surface area contributed by atoms with E-state index in [1.54, 1.807) is 24.3 Å². The lowest BCUT2D eigenvalue weighted by Crippen LogP contribution is -2.33. The van der Waals surface area contributed by atoms with Gasteiger partial charge in [-0.25, -0.2) is 0 Å². The fraction of sp³-hybridized carbons (Fsp3) is 0.600. The number of nitrogens with zero attached hydrogens (tertiary/aromatic N) is 1. The number of hydrogen-bond donors (Lipinski definition) is 2. The van der Waals surface area contributed by atoms with E-state index in [4.69, 9.17) is 4.74 Å². The van der Waals surface area contributed by atoms with Gasteiger partial charge in [-0.05, 0) is 38.9 Å². The lowest BCUT2D eigenvalue weighted by molar-refractivity contribution is 0.0582. The Balaban J connectivity index is 1.80. The van der Waals surface area contributed by atoms with E-state index in [2.05, 4.69) is 18.7 Å². The molecule has 1 saturated heterocycles. The maximum absolute atomic E-state index is 10.2. The van der Waals surface area contributed by atoms with Gasteiger partial charge in [0.2, 0.25) is 0 Å². The van der Waals surface area contributed by atoms with E-state index in [9.17, 15) is 10.2 Å². The van der Waals surface area contributed by atoms with Crippen molar-refractivity contribution in [3.63, 3.8) is 0 Å². The molecule has 0 saturated carbocycles. The molecule has 4 heteroatoms. The van der Waals surface area contributed by atoms with Crippen LogP contribution in [0.2, 0.25) is 0 Å². The Morgan fingerprint density at radius 1 is 1.42 bits per heavy atom. The fourth-order valence-corrected chi connectivity index (χ4v) is 2.49. The molecule has 1 aliphatic rings. The molecule has 1 heterocycles. The van der Waals surface area contributed by atoms with Crippen LogP contribution in [0.4, 0.5) is 0 Å². The highest BCUT2D eigenvalue weighted by atomic mass is 16.5. The first-order valence-corrected chi connectivity index (χ1v) is 6.90. The Bertz CT molecular complexity index is 408. The molecule has 19 heavy (non-hydrogen) atoms. The van der Waals surface area contributed by atoms with Gasteiger partial charge in [-0.1, -0.05) is 6.07 Å². The number of aliphatic hydroxyl groups is 1. The van der Waals surface area contributed by atoms with Gasteiger partial charge in [-0.2, -0.15) is 0 Å². The van der Waals surface area contributed by atoms with Crippen LogP contribution in [0.15, 0.2) is 24.3 Å². The first-order valence-electron chi connectivity index (χ1n) is 6.90. The molecule has 1 aromatic carbocycles. The molecule has 0 bridgehead atoms. The quantitative estimate of drug-likeness (QED) is 0.853. The monoisotopic (exact) mass is 265 g/mol. The van der Waals surface area contributed by atoms with Crippen LogP contribution in [0.1, 0.15) is 20.3 Å². The van der Waals surface area contributed by atoms with Gasteiger partial charge >= 0.3 is 0 Å². The molecule has 2 N–H and O–H groups in total. The number of rotatable bonds is 5. The molecule has 0 radical (unpaired) electrons. The highest BCUT2D eigenvalue weighted by Gasteiger charge is 2.29. The Kier molecular flexibility index (Phi) is 4.66. The van der Waals surface area contributed by atoms with E-state index >= 15 is 0 Å². The Labute approximate surface area is 114 Å². The first kappa shape index (κ1) is 14.2. The van der Waals surface area contributed by atoms with E-state index in [1.165, 1.54) is 0 Å². The third kappa shape index (κ3) is 3.85. The summed E-state index contributed by atoms with van der Waals surface area (Å²) in [7, 11) is 0. The van der Waals surface area contributed by atoms with Crippen molar-refractivity contribution in [3.8, 4) is 11.5 Å². The first-order chi connectivity index (χ1) is 9.06. The molecule has 1 aliphatic heterocycles. The molecular formula is C15H23NO3. The molecule has 0 spiro atoms. The van der Waals surface area contributed by atoms with Gasteiger partial charge in [0.05, 0.1) is 6.10 Å². The summed E-state index contributed by atoms with van der Waals surface area (Å²) in [6.45, 7) is 6.61. The van der Waals surface area contributed by atoms with Gasteiger partial charge in [0, 0.05) is 24.6 Å². The molecular weight excluding hydrogens is 242 g/mol. The van der Waals surface area contributed by atoms with Crippen molar-refractivity contribution < 1.29 is 14.9 Å². The largest absolute Gasteiger partial charge is 0.508 e. The van der Waals surface area contributed by atoms with E-state index in [1.807, 2.05) is 0 Å². The number of ether oxygens (including phenoxy) is 1. The molecule has 2 rings (SSSR count). The number of phenols is 1. The Hall–Kier alpha value is -1.26. The lowest BCUT2D eigenvalue weighted by atomic mass is 10.0. The Morgan fingerprint density at radius 3 is 2.84 bits per heavy atom. The van der Waals surface area contributed by atoms with E-state index in [-0.39, 0.29) is 18.3 Å². The summed E-state index contributed by atoms with van der Waals surface area (Å²) < 4.78 is 5.53. The summed E-state index contributed by atoms with van der Waals surface area (Å²) in [5, 5.41) is 19.5. The van der Waals surface area contributed by atoms with E-state index in [0.717, 1.165) is 19.5 Å². The normalized spacial score (nSPS) is 21.8. The average Bonchev–Trinajstić information content (AvgIpc) is 2.86. The molecule has 0 aliphatic carbocycles. The van der Waals surface area contributed by atoms with Crippen molar-refractivity contribution in [3.05, 3.63) is 24.3 Å². The molecule has 106 valence electrons. The van der Waals surface area contributed by atoms with Crippen LogP contribution < -0.4 is 4.74 Å². The van der Waals surface area contributed by atoms with Crippen molar-refractivity contribution in [1.82, 2.24) is 4.90 Å². The molecule has 0 aromatic heterocycles. The maximum atomic E-state index is 10.2. The zero-order valence-corrected chi connectivity index (χ0v) is 11.6. The van der Waals surface area contributed by atoms with Crippen molar-refractivity contribution in [1.29, 1.82) is 0 Å². The maximum Gasteiger partial charge on any atom is 0.123 e. The Morgan fingerprint density at radius 2 is 2.21 bits per heavy atom. The van der Waals surface area contributed by atoms with Gasteiger partial charge < -0.3 is 19.8 Å². The van der Waals surface area contributed by atoms with E-state index < -0.39 is 6.10 Å². The average molecular weight is 265 g/mol. The van der Waals surface area contributed by atoms with Crippen molar-refractivity contribution in [2.45, 2.75) is 32.4 Å².